The van der Waals surface area contributed by atoms with Crippen LogP contribution in [0.3, 0.4) is 0 Å². The number of benzene rings is 4. The third-order valence-corrected chi connectivity index (χ3v) is 22.9. The van der Waals surface area contributed by atoms with Crippen LogP contribution < -0.4 is 52.6 Å². The molecule has 32 nitrogen and oxygen atoms in total. The fraction of sp³-hybridized carbons (Fsp3) is 0.540. The van der Waals surface area contributed by atoms with Crippen molar-refractivity contribution in [3.8, 4) is 11.8 Å². The third kappa shape index (κ3) is 33.2. The summed E-state index contributed by atoms with van der Waals surface area (Å²) >= 11 is 1.00. The van der Waals surface area contributed by atoms with E-state index in [2.05, 4.69) is 65.7 Å². The summed E-state index contributed by atoms with van der Waals surface area (Å²) in [4.78, 5) is 156. The van der Waals surface area contributed by atoms with Crippen molar-refractivity contribution in [1.29, 1.82) is 0 Å². The molecule has 7 atom stereocenters. The number of unbranched alkanes of at least 4 members (excludes halogenated alkanes) is 3. The molecule has 1 aromatic heterocycles. The van der Waals surface area contributed by atoms with Gasteiger partial charge < -0.3 is 81.2 Å². The third-order valence-electron chi connectivity index (χ3n) is 20.6. The molecule has 1 fully saturated rings. The molecule has 121 heavy (non-hydrogen) atoms. The zero-order valence-electron chi connectivity index (χ0n) is 71.0. The van der Waals surface area contributed by atoms with E-state index < -0.39 is 87.9 Å². The smallest absolute Gasteiger partial charge is 0.407 e. The molecule has 4 aromatic carbocycles. The Morgan fingerprint density at radius 3 is 1.99 bits per heavy atom. The molecule has 0 unspecified atom stereocenters. The number of esters is 1. The van der Waals surface area contributed by atoms with Gasteiger partial charge in [0.1, 0.15) is 35.4 Å². The minimum Gasteiger partial charge on any atom is -0.455 e. The van der Waals surface area contributed by atoms with Gasteiger partial charge >= 0.3 is 18.1 Å². The van der Waals surface area contributed by atoms with Gasteiger partial charge in [0.2, 0.25) is 41.4 Å². The van der Waals surface area contributed by atoms with E-state index in [-0.39, 0.29) is 168 Å². The topological polar surface area (TPSA) is 422 Å². The first kappa shape index (κ1) is 97.7. The highest BCUT2D eigenvalue weighted by molar-refractivity contribution is 7.90. The second kappa shape index (κ2) is 51.4. The molecule has 0 saturated carbocycles. The summed E-state index contributed by atoms with van der Waals surface area (Å²) < 4.78 is 63.0. The van der Waals surface area contributed by atoms with Crippen molar-refractivity contribution in [2.45, 2.75) is 206 Å². The summed E-state index contributed by atoms with van der Waals surface area (Å²) in [6.45, 7) is 18.2. The first-order chi connectivity index (χ1) is 58.0. The highest BCUT2D eigenvalue weighted by Gasteiger charge is 2.40. The summed E-state index contributed by atoms with van der Waals surface area (Å²) in [6, 6.07) is 22.3. The molecular formula is C87H121N13O19S2. The molecule has 0 radical (unpaired) electrons. The Bertz CT molecular complexity index is 4400. The minimum atomic E-state index is -4.48. The van der Waals surface area contributed by atoms with E-state index in [4.69, 9.17) is 34.2 Å². The van der Waals surface area contributed by atoms with Gasteiger partial charge in [-0.05, 0) is 123 Å². The largest absolute Gasteiger partial charge is 0.455 e. The quantitative estimate of drug-likeness (QED) is 0.0100. The van der Waals surface area contributed by atoms with Crippen molar-refractivity contribution in [1.82, 2.24) is 51.4 Å². The van der Waals surface area contributed by atoms with E-state index >= 15 is 4.79 Å². The Morgan fingerprint density at radius 1 is 0.669 bits per heavy atom. The van der Waals surface area contributed by atoms with Crippen LogP contribution in [0.2, 0.25) is 0 Å². The van der Waals surface area contributed by atoms with Crippen molar-refractivity contribution in [3.63, 3.8) is 0 Å². The molecule has 11 amide bonds. The van der Waals surface area contributed by atoms with Gasteiger partial charge in [0, 0.05) is 87.0 Å². The number of para-hydroxylation sites is 1. The van der Waals surface area contributed by atoms with E-state index in [0.29, 0.717) is 61.5 Å². The van der Waals surface area contributed by atoms with Gasteiger partial charge in [0.05, 0.1) is 76.0 Å². The number of thiazole rings is 1. The lowest BCUT2D eigenvalue weighted by molar-refractivity contribution is -0.150. The maximum Gasteiger partial charge on any atom is 0.407 e. The van der Waals surface area contributed by atoms with Crippen molar-refractivity contribution in [2.75, 3.05) is 96.3 Å². The lowest BCUT2D eigenvalue weighted by Gasteiger charge is -2.40. The number of sulfonamides is 1. The van der Waals surface area contributed by atoms with E-state index in [1.54, 1.807) is 43.0 Å². The number of ether oxygens (including phenoxy) is 6. The molecule has 0 aliphatic carbocycles. The summed E-state index contributed by atoms with van der Waals surface area (Å²) in [5.74, 6) is 1.40. The Hall–Kier alpha value is -10.4. The Morgan fingerprint density at radius 2 is 1.33 bits per heavy atom. The normalized spacial score (nSPS) is 14.7. The number of primary amides is 1. The number of piperidine rings is 1. The highest BCUT2D eigenvalue weighted by atomic mass is 32.2. The van der Waals surface area contributed by atoms with Crippen LogP contribution in [-0.2, 0) is 96.5 Å². The monoisotopic (exact) mass is 1720 g/mol. The average Bonchev–Trinajstić information content (AvgIpc) is 1.51. The number of amides is 11. The number of rotatable bonds is 51. The van der Waals surface area contributed by atoms with Crippen LogP contribution in [0.1, 0.15) is 195 Å². The number of nitrogens with zero attached hydrogens (tertiary/aromatic N) is 4. The van der Waals surface area contributed by atoms with Crippen LogP contribution >= 0.6 is 11.3 Å². The molecule has 3 heterocycles. The molecule has 2 aliphatic heterocycles. The van der Waals surface area contributed by atoms with E-state index in [1.807, 2.05) is 93.1 Å². The fourth-order valence-electron chi connectivity index (χ4n) is 13.6. The predicted octanol–water partition coefficient (Wildman–Crippen LogP) is 8.44. The molecule has 10 N–H and O–H groups in total. The molecule has 0 bridgehead atoms. The van der Waals surface area contributed by atoms with Crippen LogP contribution in [0.25, 0.3) is 0 Å². The lowest BCUT2D eigenvalue weighted by Crippen LogP contribution is -2.59. The number of hydrogen-bond acceptors (Lipinski definition) is 22. The number of carbonyl (C=O) groups is 11. The number of hydrogen-bond donors (Lipinski definition) is 9. The number of nitrogens with one attached hydrogen (secondary N) is 8. The van der Waals surface area contributed by atoms with Crippen LogP contribution in [0.15, 0.2) is 107 Å². The lowest BCUT2D eigenvalue weighted by atomic mass is 9.91. The molecule has 660 valence electrons. The highest BCUT2D eigenvalue weighted by Crippen LogP contribution is 2.33. The molecule has 34 heteroatoms. The van der Waals surface area contributed by atoms with E-state index in [1.165, 1.54) is 36.6 Å². The number of aromatic nitrogens is 1. The zero-order valence-corrected chi connectivity index (χ0v) is 72.6. The summed E-state index contributed by atoms with van der Waals surface area (Å²) in [7, 11) is -2.55. The molecule has 5 aromatic rings. The molecule has 2 aliphatic rings. The molecule has 7 rings (SSSR count). The second-order valence-electron chi connectivity index (χ2n) is 30.6. The SMILES string of the molecule is CCCCCCN(C(=O)[C@@H](NC(=O)[C@H]1CCCCN1C)[C@@H](C)CC)[C@H](C[C@@H](OC(C)=O)c1nc(C(=O)NS(=O)(=O)c2ccc(CNC(=O)OCc3ccc(NC(=O)[C@H](CCCNC(N)=O)NC(=O)[C@@H](NC(=O)CCOCCOCCOCCOCCNC(=O)CCC(=O)N4Cc5ccccc5C#Cc5ccccc54)C(C)C)cc3)cc2)cs1)C(C)C. The number of anilines is 2. The van der Waals surface area contributed by atoms with Crippen LogP contribution in [0.5, 0.6) is 0 Å². The van der Waals surface area contributed by atoms with Crippen molar-refractivity contribution >= 4 is 98.1 Å². The van der Waals surface area contributed by atoms with Crippen LogP contribution in [0, 0.1) is 29.6 Å². The van der Waals surface area contributed by atoms with Gasteiger partial charge in [-0.1, -0.05) is 147 Å². The van der Waals surface area contributed by atoms with Crippen molar-refractivity contribution in [2.24, 2.45) is 23.5 Å². The minimum absolute atomic E-state index is 0.0208. The number of nitrogens with two attached hydrogens (primary N) is 1. The Kier molecular flexibility index (Phi) is 41.5. The number of carbonyl (C=O) groups excluding carboxylic acids is 11. The standard InChI is InChI=1S/C87H121N13O19S2/c1-10-12-13-19-44-99(85(109)79(60(7)11-2)96-82(107)72-27-18-20-43-98(72)9)73(58(3)4)53-74(119-61(8)101)84-94-70(57-120-84)81(106)97-121(112,113)68-36-30-62(31-37-68)54-91-87(111)118-56-63-28-34-67(35-29-63)92-80(105)69(25-21-41-90-86(88)110)93-83(108)78(59(5)6)95-76(103)40-45-114-47-49-116-51-52-117-50-48-115-46-42-89-75(102)38-39-77(104)100-55-66-24-15-14-22-64(66)32-33-65-23-16-17-26-71(65)100/h14-17,22-24,26,28-31,34-37,57-60,69,72-74,78-79H,10-13,18-21,25,27,38-56H2,1-9H3,(H,89,102)(H,91,111)(H,92,105)(H,93,108)(H,95,103)(H,96,107)(H,97,106)(H3,88,90,110)/t60-,69-,72+,73+,74+,78-,79-/m0/s1. The maximum atomic E-state index is 15.0. The number of alkyl carbamates (subject to hydrolysis) is 1. The second-order valence-corrected chi connectivity index (χ2v) is 33.2. The summed E-state index contributed by atoms with van der Waals surface area (Å²) in [5.41, 5.74) is 9.61. The summed E-state index contributed by atoms with van der Waals surface area (Å²) in [6.07, 6.45) is 5.30. The Balaban J connectivity index is 0.785. The molecule has 1 saturated heterocycles. The first-order valence-electron chi connectivity index (χ1n) is 41.7. The van der Waals surface area contributed by atoms with Crippen molar-refractivity contribution < 1.29 is 89.6 Å². The van der Waals surface area contributed by atoms with Gasteiger partial charge in [-0.3, -0.25) is 48.1 Å². The van der Waals surface area contributed by atoms with Crippen LogP contribution in [-0.4, -0.2) is 205 Å². The number of urea groups is 1. The van der Waals surface area contributed by atoms with E-state index in [9.17, 15) is 56.4 Å². The predicted molar refractivity (Wildman–Crippen MR) is 456 cm³/mol. The van der Waals surface area contributed by atoms with Gasteiger partial charge in [-0.25, -0.2) is 27.7 Å². The molecule has 0 spiro atoms. The van der Waals surface area contributed by atoms with E-state index in [0.717, 1.165) is 66.7 Å². The van der Waals surface area contributed by atoms with Gasteiger partial charge in [-0.2, -0.15) is 0 Å². The average molecular weight is 1720 g/mol. The molecular weight excluding hydrogens is 1600 g/mol. The number of likely N-dealkylation sites (tertiary alicyclic amines) is 1. The Labute approximate surface area is 714 Å². The van der Waals surface area contributed by atoms with Crippen LogP contribution in [0.4, 0.5) is 21.0 Å². The first-order valence-corrected chi connectivity index (χ1v) is 44.0. The number of fused-ring (bicyclic) bond motifs is 2. The van der Waals surface area contributed by atoms with Gasteiger partial charge in [0.15, 0.2) is 6.10 Å². The zero-order chi connectivity index (χ0) is 87.8. The summed E-state index contributed by atoms with van der Waals surface area (Å²) in [5, 5.41) is 20.9. The fourth-order valence-corrected chi connectivity index (χ4v) is 15.4. The van der Waals surface area contributed by atoms with Crippen molar-refractivity contribution in [3.05, 3.63) is 141 Å². The number of likely N-dealkylation sites (N-methyl/N-ethyl adjacent to an activating group) is 1. The van der Waals surface area contributed by atoms with Gasteiger partial charge in [0.25, 0.3) is 15.9 Å². The maximum absolute atomic E-state index is 15.0. The van der Waals surface area contributed by atoms with Gasteiger partial charge in [-0.15, -0.1) is 11.3 Å².